The molecule has 2 aromatic rings. The molecule has 0 aliphatic heterocycles. The van der Waals surface area contributed by atoms with Crippen molar-refractivity contribution in [3.05, 3.63) is 46.2 Å². The summed E-state index contributed by atoms with van der Waals surface area (Å²) in [4.78, 5) is 16.9. The summed E-state index contributed by atoms with van der Waals surface area (Å²) in [5, 5.41) is 6.39. The minimum absolute atomic E-state index is 0. The Balaban J connectivity index is 0.00000264. The van der Waals surface area contributed by atoms with Gasteiger partial charge in [-0.05, 0) is 44.1 Å². The molecule has 0 saturated carbocycles. The second-order valence-corrected chi connectivity index (χ2v) is 6.26. The van der Waals surface area contributed by atoms with Gasteiger partial charge in [0, 0.05) is 23.9 Å². The molecule has 0 spiro atoms. The zero-order valence-electron chi connectivity index (χ0n) is 13.2. The first kappa shape index (κ1) is 19.5. The van der Waals surface area contributed by atoms with Crippen LogP contribution in [-0.4, -0.2) is 24.5 Å². The normalized spacial score (nSPS) is 10.2. The van der Waals surface area contributed by atoms with Crippen LogP contribution in [0.2, 0.25) is 0 Å². The number of thiazole rings is 1. The maximum absolute atomic E-state index is 13.5. The van der Waals surface area contributed by atoms with E-state index < -0.39 is 0 Å². The third kappa shape index (κ3) is 6.25. The van der Waals surface area contributed by atoms with E-state index in [1.807, 2.05) is 13.1 Å². The highest BCUT2D eigenvalue weighted by Crippen LogP contribution is 2.22. The van der Waals surface area contributed by atoms with Gasteiger partial charge in [0.05, 0.1) is 0 Å². The predicted octanol–water partition coefficient (Wildman–Crippen LogP) is 3.54. The number of nitrogens with one attached hydrogen (secondary N) is 2. The second kappa shape index (κ2) is 9.60. The van der Waals surface area contributed by atoms with Crippen molar-refractivity contribution in [3.63, 3.8) is 0 Å². The predicted molar refractivity (Wildman–Crippen MR) is 95.1 cm³/mol. The van der Waals surface area contributed by atoms with E-state index in [1.54, 1.807) is 25.3 Å². The fraction of sp³-hybridized carbons (Fsp3) is 0.375. The number of aromatic nitrogens is 1. The maximum atomic E-state index is 13.5. The molecule has 1 heterocycles. The van der Waals surface area contributed by atoms with Crippen molar-refractivity contribution in [3.8, 4) is 0 Å². The molecule has 1 aromatic carbocycles. The number of rotatable bonds is 7. The van der Waals surface area contributed by atoms with Crippen molar-refractivity contribution in [1.82, 2.24) is 10.3 Å². The fourth-order valence-corrected chi connectivity index (χ4v) is 2.86. The summed E-state index contributed by atoms with van der Waals surface area (Å²) < 4.78 is 13.5. The largest absolute Gasteiger partial charge is 0.320 e. The van der Waals surface area contributed by atoms with Crippen molar-refractivity contribution >= 4 is 34.8 Å². The summed E-state index contributed by atoms with van der Waals surface area (Å²) in [6.45, 7) is 2.56. The Labute approximate surface area is 145 Å². The van der Waals surface area contributed by atoms with E-state index in [1.165, 1.54) is 11.3 Å². The molecule has 0 aliphatic carbocycles. The van der Waals surface area contributed by atoms with Gasteiger partial charge in [-0.15, -0.1) is 23.7 Å². The zero-order valence-corrected chi connectivity index (χ0v) is 14.8. The van der Waals surface area contributed by atoms with E-state index >= 15 is 0 Å². The fourth-order valence-electron chi connectivity index (χ4n) is 2.00. The van der Waals surface area contributed by atoms with Crippen LogP contribution in [0.5, 0.6) is 0 Å². The third-order valence-corrected chi connectivity index (χ3v) is 4.16. The molecular weight excluding hydrogens is 337 g/mol. The Morgan fingerprint density at radius 3 is 2.87 bits per heavy atom. The van der Waals surface area contributed by atoms with Crippen LogP contribution in [0.1, 0.15) is 28.8 Å². The Bertz CT molecular complexity index is 648. The second-order valence-electron chi connectivity index (χ2n) is 5.15. The molecule has 2 rings (SSSR count). The number of carbonyl (C=O) groups excluding carboxylic acids is 1. The Morgan fingerprint density at radius 2 is 2.17 bits per heavy atom. The Morgan fingerprint density at radius 1 is 1.39 bits per heavy atom. The third-order valence-electron chi connectivity index (χ3n) is 3.25. The summed E-state index contributed by atoms with van der Waals surface area (Å²) in [5.41, 5.74) is 1.54. The highest BCUT2D eigenvalue weighted by molar-refractivity contribution is 7.15. The van der Waals surface area contributed by atoms with Gasteiger partial charge in [-0.2, -0.15) is 0 Å². The number of halogens is 2. The Hall–Kier alpha value is -1.50. The van der Waals surface area contributed by atoms with E-state index in [0.717, 1.165) is 23.4 Å². The average molecular weight is 358 g/mol. The molecule has 4 nitrogen and oxygen atoms in total. The van der Waals surface area contributed by atoms with Gasteiger partial charge in [-0.25, -0.2) is 9.37 Å². The molecule has 0 radical (unpaired) electrons. The molecule has 126 valence electrons. The van der Waals surface area contributed by atoms with Gasteiger partial charge in [0.25, 0.3) is 0 Å². The van der Waals surface area contributed by atoms with Gasteiger partial charge < -0.3 is 10.6 Å². The van der Waals surface area contributed by atoms with Gasteiger partial charge in [0.15, 0.2) is 5.13 Å². The summed E-state index contributed by atoms with van der Waals surface area (Å²) in [6, 6.07) is 5.23. The number of aryl methyl sites for hydroxylation is 1. The number of nitrogens with zero attached hydrogens (tertiary/aromatic N) is 1. The summed E-state index contributed by atoms with van der Waals surface area (Å²) in [5.74, 6) is -0.224. The van der Waals surface area contributed by atoms with Crippen LogP contribution in [0, 0.1) is 12.7 Å². The van der Waals surface area contributed by atoms with Crippen molar-refractivity contribution in [2.75, 3.05) is 18.9 Å². The van der Waals surface area contributed by atoms with Crippen molar-refractivity contribution in [2.45, 2.75) is 26.2 Å². The quantitative estimate of drug-likeness (QED) is 0.745. The van der Waals surface area contributed by atoms with Crippen molar-refractivity contribution in [1.29, 1.82) is 0 Å². The highest BCUT2D eigenvalue weighted by Gasteiger charge is 2.08. The average Bonchev–Trinajstić information content (AvgIpc) is 2.90. The van der Waals surface area contributed by atoms with E-state index in [2.05, 4.69) is 15.6 Å². The van der Waals surface area contributed by atoms with E-state index in [0.29, 0.717) is 23.5 Å². The molecule has 1 amide bonds. The molecule has 0 unspecified atom stereocenters. The monoisotopic (exact) mass is 357 g/mol. The van der Waals surface area contributed by atoms with Crippen molar-refractivity contribution < 1.29 is 9.18 Å². The SMILES string of the molecule is CNCCCC(=O)Nc1ncc(Cc2ccc(C)c(F)c2)s1.Cl. The van der Waals surface area contributed by atoms with Gasteiger partial charge in [-0.3, -0.25) is 4.79 Å². The topological polar surface area (TPSA) is 54.0 Å². The summed E-state index contributed by atoms with van der Waals surface area (Å²) in [6.07, 6.45) is 3.61. The minimum atomic E-state index is -0.194. The first-order chi connectivity index (χ1) is 10.6. The van der Waals surface area contributed by atoms with Crippen LogP contribution in [0.25, 0.3) is 0 Å². The molecule has 1 aromatic heterocycles. The smallest absolute Gasteiger partial charge is 0.226 e. The van der Waals surface area contributed by atoms with Crippen LogP contribution in [-0.2, 0) is 11.2 Å². The first-order valence-electron chi connectivity index (χ1n) is 7.22. The lowest BCUT2D eigenvalue weighted by Crippen LogP contribution is -2.14. The van der Waals surface area contributed by atoms with Crippen LogP contribution >= 0.6 is 23.7 Å². The van der Waals surface area contributed by atoms with Gasteiger partial charge in [0.1, 0.15) is 5.82 Å². The number of hydrogen-bond donors (Lipinski definition) is 2. The molecule has 0 bridgehead atoms. The van der Waals surface area contributed by atoms with Gasteiger partial charge in [-0.1, -0.05) is 12.1 Å². The van der Waals surface area contributed by atoms with E-state index in [9.17, 15) is 9.18 Å². The maximum Gasteiger partial charge on any atom is 0.226 e. The summed E-state index contributed by atoms with van der Waals surface area (Å²) >= 11 is 1.42. The van der Waals surface area contributed by atoms with Gasteiger partial charge in [0.2, 0.25) is 5.91 Å². The lowest BCUT2D eigenvalue weighted by Gasteiger charge is -2.02. The van der Waals surface area contributed by atoms with Crippen LogP contribution < -0.4 is 10.6 Å². The molecule has 0 atom stereocenters. The highest BCUT2D eigenvalue weighted by atomic mass is 35.5. The number of benzene rings is 1. The van der Waals surface area contributed by atoms with E-state index in [-0.39, 0.29) is 24.1 Å². The molecular formula is C16H21ClFN3OS. The standard InChI is InChI=1S/C16H20FN3OS.ClH/c1-11-5-6-12(9-14(11)17)8-13-10-19-16(22-13)20-15(21)4-3-7-18-2;/h5-6,9-10,18H,3-4,7-8H2,1-2H3,(H,19,20,21);1H. The zero-order chi connectivity index (χ0) is 15.9. The number of hydrogen-bond acceptors (Lipinski definition) is 4. The molecule has 23 heavy (non-hydrogen) atoms. The number of amides is 1. The summed E-state index contributed by atoms with van der Waals surface area (Å²) in [7, 11) is 1.86. The van der Waals surface area contributed by atoms with Crippen LogP contribution in [0.3, 0.4) is 0 Å². The molecule has 2 N–H and O–H groups in total. The number of anilines is 1. The van der Waals surface area contributed by atoms with Gasteiger partial charge >= 0.3 is 0 Å². The van der Waals surface area contributed by atoms with Crippen molar-refractivity contribution in [2.24, 2.45) is 0 Å². The Kier molecular flexibility index (Phi) is 8.16. The first-order valence-corrected chi connectivity index (χ1v) is 8.04. The molecule has 7 heteroatoms. The van der Waals surface area contributed by atoms with E-state index in [4.69, 9.17) is 0 Å². The van der Waals surface area contributed by atoms with Crippen LogP contribution in [0.4, 0.5) is 9.52 Å². The minimum Gasteiger partial charge on any atom is -0.320 e. The lowest BCUT2D eigenvalue weighted by atomic mass is 10.1. The lowest BCUT2D eigenvalue weighted by molar-refractivity contribution is -0.116. The number of carbonyl (C=O) groups is 1. The molecule has 0 saturated heterocycles. The molecule has 0 fully saturated rings. The van der Waals surface area contributed by atoms with Crippen LogP contribution in [0.15, 0.2) is 24.4 Å². The molecule has 0 aliphatic rings.